The molecule has 0 amide bonds. The average molecular weight is 171 g/mol. The van der Waals surface area contributed by atoms with Gasteiger partial charge in [-0.3, -0.25) is 4.99 Å². The zero-order valence-electron chi connectivity index (χ0n) is 5.79. The number of dihydropyridines is 1. The number of hydrogen-bond acceptors (Lipinski definition) is 3. The van der Waals surface area contributed by atoms with Crippen molar-refractivity contribution in [3.05, 3.63) is 11.1 Å². The van der Waals surface area contributed by atoms with E-state index in [1.165, 1.54) is 0 Å². The molecular formula is C7H7ClN2O. The molecule has 0 spiro atoms. The van der Waals surface area contributed by atoms with Crippen molar-refractivity contribution in [1.82, 2.24) is 0 Å². The normalized spacial score (nSPS) is 23.5. The molecule has 1 unspecified atom stereocenters. The maximum absolute atomic E-state index is 8.71. The van der Waals surface area contributed by atoms with E-state index in [4.69, 9.17) is 22.0 Å². The van der Waals surface area contributed by atoms with E-state index < -0.39 is 0 Å². The van der Waals surface area contributed by atoms with E-state index in [9.17, 15) is 0 Å². The highest BCUT2D eigenvalue weighted by Crippen LogP contribution is 2.15. The van der Waals surface area contributed by atoms with Gasteiger partial charge in [-0.25, -0.2) is 0 Å². The van der Waals surface area contributed by atoms with Crippen LogP contribution in [0.3, 0.4) is 0 Å². The lowest BCUT2D eigenvalue weighted by Gasteiger charge is -2.11. The van der Waals surface area contributed by atoms with Crippen LogP contribution in [0.2, 0.25) is 0 Å². The van der Waals surface area contributed by atoms with Crippen LogP contribution in [0, 0.1) is 17.2 Å². The monoisotopic (exact) mass is 170 g/mol. The number of halogens is 1. The summed E-state index contributed by atoms with van der Waals surface area (Å²) in [5.74, 6) is -0.0281. The summed E-state index contributed by atoms with van der Waals surface area (Å²) in [5.41, 5.74) is 0.261. The Morgan fingerprint density at radius 3 is 3.09 bits per heavy atom. The standard InChI is InChI=1S/C7H7ClN2O/c8-6-1-5(4-11)3-10-7(6)2-9/h1,5,11H,3-4H2. The van der Waals surface area contributed by atoms with E-state index >= 15 is 0 Å². The van der Waals surface area contributed by atoms with Crippen molar-refractivity contribution in [2.45, 2.75) is 0 Å². The van der Waals surface area contributed by atoms with Gasteiger partial charge in [-0.1, -0.05) is 17.7 Å². The third-order valence-corrected chi connectivity index (χ3v) is 1.74. The highest BCUT2D eigenvalue weighted by molar-refractivity contribution is 6.46. The molecule has 4 heteroatoms. The Kier molecular flexibility index (Phi) is 2.64. The summed E-state index contributed by atoms with van der Waals surface area (Å²) < 4.78 is 0. The molecule has 0 saturated heterocycles. The van der Waals surface area contributed by atoms with Gasteiger partial charge in [0, 0.05) is 12.5 Å². The van der Waals surface area contributed by atoms with Crippen LogP contribution in [0.25, 0.3) is 0 Å². The van der Waals surface area contributed by atoms with Crippen molar-refractivity contribution in [2.24, 2.45) is 10.9 Å². The molecule has 1 atom stereocenters. The third kappa shape index (κ3) is 1.79. The number of nitrogens with zero attached hydrogens (tertiary/aromatic N) is 2. The maximum atomic E-state index is 8.71. The molecule has 1 aliphatic rings. The zero-order chi connectivity index (χ0) is 8.27. The second kappa shape index (κ2) is 3.51. The molecule has 0 aliphatic carbocycles. The first kappa shape index (κ1) is 8.25. The van der Waals surface area contributed by atoms with E-state index in [2.05, 4.69) is 4.99 Å². The molecule has 1 aliphatic heterocycles. The molecule has 0 saturated carbocycles. The largest absolute Gasteiger partial charge is 0.396 e. The fourth-order valence-corrected chi connectivity index (χ4v) is 1.10. The van der Waals surface area contributed by atoms with Crippen molar-refractivity contribution in [1.29, 1.82) is 5.26 Å². The summed E-state index contributed by atoms with van der Waals surface area (Å²) >= 11 is 5.65. The van der Waals surface area contributed by atoms with Gasteiger partial charge in [-0.15, -0.1) is 0 Å². The predicted molar refractivity (Wildman–Crippen MR) is 42.4 cm³/mol. The summed E-state index contributed by atoms with van der Waals surface area (Å²) in [6, 6.07) is 1.87. The van der Waals surface area contributed by atoms with Crippen LogP contribution in [0.1, 0.15) is 0 Å². The van der Waals surface area contributed by atoms with Gasteiger partial charge < -0.3 is 5.11 Å². The number of nitriles is 1. The van der Waals surface area contributed by atoms with Gasteiger partial charge in [0.1, 0.15) is 6.07 Å². The maximum Gasteiger partial charge on any atom is 0.153 e. The van der Waals surface area contributed by atoms with E-state index in [0.717, 1.165) is 0 Å². The van der Waals surface area contributed by atoms with Crippen LogP contribution >= 0.6 is 11.6 Å². The smallest absolute Gasteiger partial charge is 0.153 e. The van der Waals surface area contributed by atoms with Crippen molar-refractivity contribution >= 4 is 17.3 Å². The first-order valence-corrected chi connectivity index (χ1v) is 3.59. The van der Waals surface area contributed by atoms with E-state index in [1.54, 1.807) is 6.08 Å². The second-order valence-electron chi connectivity index (χ2n) is 2.26. The lowest BCUT2D eigenvalue weighted by molar-refractivity contribution is 0.255. The van der Waals surface area contributed by atoms with E-state index in [1.807, 2.05) is 6.07 Å². The summed E-state index contributed by atoms with van der Waals surface area (Å²) in [5, 5.41) is 17.5. The Morgan fingerprint density at radius 2 is 2.64 bits per heavy atom. The van der Waals surface area contributed by atoms with Crippen LogP contribution in [0.15, 0.2) is 16.1 Å². The minimum Gasteiger partial charge on any atom is -0.396 e. The van der Waals surface area contributed by atoms with Gasteiger partial charge in [0.2, 0.25) is 0 Å². The molecule has 3 nitrogen and oxygen atoms in total. The van der Waals surface area contributed by atoms with E-state index in [0.29, 0.717) is 11.6 Å². The first-order valence-electron chi connectivity index (χ1n) is 3.21. The average Bonchev–Trinajstić information content (AvgIpc) is 2.04. The number of aliphatic hydroxyl groups is 1. The highest BCUT2D eigenvalue weighted by atomic mass is 35.5. The molecule has 0 aromatic carbocycles. The number of hydrogen-bond donors (Lipinski definition) is 1. The number of aliphatic imine (C=N–C) groups is 1. The number of aliphatic hydroxyl groups excluding tert-OH is 1. The summed E-state index contributed by atoms with van der Waals surface area (Å²) in [6.07, 6.45) is 1.66. The first-order chi connectivity index (χ1) is 5.27. The van der Waals surface area contributed by atoms with Crippen LogP contribution in [0.5, 0.6) is 0 Å². The van der Waals surface area contributed by atoms with Crippen molar-refractivity contribution < 1.29 is 5.11 Å². The van der Waals surface area contributed by atoms with Gasteiger partial charge in [0.15, 0.2) is 5.71 Å². The Labute approximate surface area is 69.6 Å². The topological polar surface area (TPSA) is 56.4 Å². The lowest BCUT2D eigenvalue weighted by atomic mass is 10.1. The molecule has 0 radical (unpaired) electrons. The SMILES string of the molecule is N#CC1=NCC(CO)C=C1Cl. The van der Waals surface area contributed by atoms with Crippen LogP contribution in [-0.2, 0) is 0 Å². The number of rotatable bonds is 1. The van der Waals surface area contributed by atoms with Crippen molar-refractivity contribution in [2.75, 3.05) is 13.2 Å². The van der Waals surface area contributed by atoms with Crippen LogP contribution < -0.4 is 0 Å². The molecule has 0 fully saturated rings. The van der Waals surface area contributed by atoms with Crippen molar-refractivity contribution in [3.8, 4) is 6.07 Å². The molecule has 0 bridgehead atoms. The Balaban J connectivity index is 2.76. The summed E-state index contributed by atoms with van der Waals surface area (Å²) in [7, 11) is 0. The number of allylic oxidation sites excluding steroid dienone is 1. The molecular weight excluding hydrogens is 164 g/mol. The molecule has 0 aromatic heterocycles. The molecule has 0 aromatic rings. The van der Waals surface area contributed by atoms with E-state index in [-0.39, 0.29) is 18.2 Å². The highest BCUT2D eigenvalue weighted by Gasteiger charge is 2.13. The van der Waals surface area contributed by atoms with Crippen LogP contribution in [0.4, 0.5) is 0 Å². The Bertz CT molecular complexity index is 252. The fourth-order valence-electron chi connectivity index (χ4n) is 0.822. The van der Waals surface area contributed by atoms with Crippen LogP contribution in [-0.4, -0.2) is 24.0 Å². The van der Waals surface area contributed by atoms with Gasteiger partial charge >= 0.3 is 0 Å². The molecule has 1 N–H and O–H groups in total. The van der Waals surface area contributed by atoms with Gasteiger partial charge in [-0.2, -0.15) is 5.26 Å². The summed E-state index contributed by atoms with van der Waals surface area (Å²) in [6.45, 7) is 0.480. The lowest BCUT2D eigenvalue weighted by Crippen LogP contribution is -2.14. The molecule has 11 heavy (non-hydrogen) atoms. The Hall–Kier alpha value is -0.850. The van der Waals surface area contributed by atoms with Gasteiger partial charge in [0.25, 0.3) is 0 Å². The minimum absolute atomic E-state index is 0.0262. The van der Waals surface area contributed by atoms with Crippen molar-refractivity contribution in [3.63, 3.8) is 0 Å². The molecule has 1 heterocycles. The predicted octanol–water partition coefficient (Wildman–Crippen LogP) is 0.696. The van der Waals surface area contributed by atoms with Gasteiger partial charge in [0.05, 0.1) is 11.6 Å². The molecule has 1 rings (SSSR count). The third-order valence-electron chi connectivity index (χ3n) is 1.43. The minimum atomic E-state index is -0.0281. The quantitative estimate of drug-likeness (QED) is 0.630. The second-order valence-corrected chi connectivity index (χ2v) is 2.67. The zero-order valence-corrected chi connectivity index (χ0v) is 6.54. The summed E-state index contributed by atoms with van der Waals surface area (Å²) in [4.78, 5) is 3.88. The van der Waals surface area contributed by atoms with Gasteiger partial charge in [-0.05, 0) is 0 Å². The fraction of sp³-hybridized carbons (Fsp3) is 0.429. The Morgan fingerprint density at radius 1 is 1.91 bits per heavy atom. The molecule has 58 valence electrons.